The predicted molar refractivity (Wildman–Crippen MR) is 104 cm³/mol. The summed E-state index contributed by atoms with van der Waals surface area (Å²) in [7, 11) is 3.45. The lowest BCUT2D eigenvalue weighted by molar-refractivity contribution is -0.127. The predicted octanol–water partition coefficient (Wildman–Crippen LogP) is 3.52. The summed E-state index contributed by atoms with van der Waals surface area (Å²) < 4.78 is 5.56. The SMILES string of the molecule is C=C(C)COc1cccc(C(=O)Nc2ccc(CC(=O)N(C)C)cc2)c1. The summed E-state index contributed by atoms with van der Waals surface area (Å²) in [5.41, 5.74) is 2.99. The Hall–Kier alpha value is -3.08. The summed E-state index contributed by atoms with van der Waals surface area (Å²) in [5, 5.41) is 2.85. The second-order valence-corrected chi connectivity index (χ2v) is 6.39. The number of amides is 2. The third-order valence-electron chi connectivity index (χ3n) is 3.65. The minimum atomic E-state index is -0.220. The first-order chi connectivity index (χ1) is 12.3. The van der Waals surface area contributed by atoms with Crippen LogP contribution in [0.15, 0.2) is 60.7 Å². The number of nitrogens with zero attached hydrogens (tertiary/aromatic N) is 1. The number of likely N-dealkylation sites (N-methyl/N-ethyl adjacent to an activating group) is 1. The van der Waals surface area contributed by atoms with Crippen LogP contribution in [0.2, 0.25) is 0 Å². The van der Waals surface area contributed by atoms with Gasteiger partial charge in [-0.25, -0.2) is 0 Å². The minimum absolute atomic E-state index is 0.0355. The van der Waals surface area contributed by atoms with E-state index >= 15 is 0 Å². The van der Waals surface area contributed by atoms with Crippen molar-refractivity contribution in [3.8, 4) is 5.75 Å². The van der Waals surface area contributed by atoms with E-state index in [1.165, 1.54) is 0 Å². The van der Waals surface area contributed by atoms with E-state index in [-0.39, 0.29) is 11.8 Å². The van der Waals surface area contributed by atoms with Crippen LogP contribution in [-0.4, -0.2) is 37.4 Å². The van der Waals surface area contributed by atoms with Gasteiger partial charge in [-0.15, -0.1) is 0 Å². The van der Waals surface area contributed by atoms with Crippen molar-refractivity contribution in [2.45, 2.75) is 13.3 Å². The summed E-state index contributed by atoms with van der Waals surface area (Å²) in [6, 6.07) is 14.3. The number of hydrogen-bond donors (Lipinski definition) is 1. The van der Waals surface area contributed by atoms with Gasteiger partial charge < -0.3 is 15.0 Å². The second kappa shape index (κ2) is 8.85. The zero-order valence-corrected chi connectivity index (χ0v) is 15.4. The van der Waals surface area contributed by atoms with Crippen LogP contribution < -0.4 is 10.1 Å². The topological polar surface area (TPSA) is 58.6 Å². The van der Waals surface area contributed by atoms with Crippen LogP contribution in [-0.2, 0) is 11.2 Å². The molecule has 0 aliphatic rings. The van der Waals surface area contributed by atoms with Crippen LogP contribution in [0.5, 0.6) is 5.75 Å². The molecule has 26 heavy (non-hydrogen) atoms. The van der Waals surface area contributed by atoms with E-state index in [9.17, 15) is 9.59 Å². The molecule has 0 spiro atoms. The normalized spacial score (nSPS) is 10.1. The lowest BCUT2D eigenvalue weighted by Crippen LogP contribution is -2.23. The van der Waals surface area contributed by atoms with Crippen molar-refractivity contribution in [3.05, 3.63) is 71.8 Å². The summed E-state index contributed by atoms with van der Waals surface area (Å²) >= 11 is 0. The van der Waals surface area contributed by atoms with Crippen LogP contribution in [0, 0.1) is 0 Å². The smallest absolute Gasteiger partial charge is 0.255 e. The van der Waals surface area contributed by atoms with E-state index in [2.05, 4.69) is 11.9 Å². The molecule has 1 N–H and O–H groups in total. The second-order valence-electron chi connectivity index (χ2n) is 6.39. The van der Waals surface area contributed by atoms with Crippen molar-refractivity contribution in [1.29, 1.82) is 0 Å². The monoisotopic (exact) mass is 352 g/mol. The molecular formula is C21H24N2O3. The van der Waals surface area contributed by atoms with Gasteiger partial charge in [0.15, 0.2) is 0 Å². The van der Waals surface area contributed by atoms with Gasteiger partial charge in [0.1, 0.15) is 12.4 Å². The van der Waals surface area contributed by atoms with E-state index < -0.39 is 0 Å². The highest BCUT2D eigenvalue weighted by molar-refractivity contribution is 6.04. The highest BCUT2D eigenvalue weighted by Crippen LogP contribution is 2.17. The number of carbonyl (C=O) groups excluding carboxylic acids is 2. The van der Waals surface area contributed by atoms with Crippen molar-refractivity contribution >= 4 is 17.5 Å². The van der Waals surface area contributed by atoms with Crippen molar-refractivity contribution in [1.82, 2.24) is 4.90 Å². The van der Waals surface area contributed by atoms with Crippen LogP contribution in [0.4, 0.5) is 5.69 Å². The molecule has 2 rings (SSSR count). The molecule has 0 saturated heterocycles. The van der Waals surface area contributed by atoms with E-state index in [4.69, 9.17) is 4.74 Å². The van der Waals surface area contributed by atoms with E-state index in [0.29, 0.717) is 30.0 Å². The maximum absolute atomic E-state index is 12.4. The van der Waals surface area contributed by atoms with Crippen molar-refractivity contribution < 1.29 is 14.3 Å². The van der Waals surface area contributed by atoms with Crippen LogP contribution in [0.3, 0.4) is 0 Å². The molecule has 0 aliphatic heterocycles. The van der Waals surface area contributed by atoms with Gasteiger partial charge in [0.25, 0.3) is 5.91 Å². The number of rotatable bonds is 7. The summed E-state index contributed by atoms with van der Waals surface area (Å²) in [6.07, 6.45) is 0.337. The first-order valence-corrected chi connectivity index (χ1v) is 8.33. The number of anilines is 1. The number of nitrogens with one attached hydrogen (secondary N) is 1. The molecule has 2 aromatic carbocycles. The number of hydrogen-bond acceptors (Lipinski definition) is 3. The molecule has 0 radical (unpaired) electrons. The van der Waals surface area contributed by atoms with Crippen molar-refractivity contribution in [2.75, 3.05) is 26.0 Å². The first kappa shape index (κ1) is 19.2. The molecule has 0 aliphatic carbocycles. The molecular weight excluding hydrogens is 328 g/mol. The molecule has 0 bridgehead atoms. The lowest BCUT2D eigenvalue weighted by Gasteiger charge is -2.11. The Morgan fingerprint density at radius 3 is 2.42 bits per heavy atom. The Bertz CT molecular complexity index is 795. The van der Waals surface area contributed by atoms with Crippen molar-refractivity contribution in [3.63, 3.8) is 0 Å². The third kappa shape index (κ3) is 5.77. The highest BCUT2D eigenvalue weighted by Gasteiger charge is 2.09. The Morgan fingerprint density at radius 2 is 1.81 bits per heavy atom. The van der Waals surface area contributed by atoms with Gasteiger partial charge in [-0.3, -0.25) is 9.59 Å². The Balaban J connectivity index is 2.00. The molecule has 0 atom stereocenters. The summed E-state index contributed by atoms with van der Waals surface area (Å²) in [4.78, 5) is 25.7. The van der Waals surface area contributed by atoms with Gasteiger partial charge in [-0.1, -0.05) is 24.8 Å². The van der Waals surface area contributed by atoms with Crippen molar-refractivity contribution in [2.24, 2.45) is 0 Å². The number of ether oxygens (including phenoxy) is 1. The van der Waals surface area contributed by atoms with Gasteiger partial charge in [-0.2, -0.15) is 0 Å². The third-order valence-corrected chi connectivity index (χ3v) is 3.65. The van der Waals surface area contributed by atoms with Crippen LogP contribution in [0.1, 0.15) is 22.8 Å². The fourth-order valence-electron chi connectivity index (χ4n) is 2.18. The Kier molecular flexibility index (Phi) is 6.55. The molecule has 2 amide bonds. The number of carbonyl (C=O) groups is 2. The molecule has 5 nitrogen and oxygen atoms in total. The quantitative estimate of drug-likeness (QED) is 0.776. The van der Waals surface area contributed by atoms with Gasteiger partial charge in [0, 0.05) is 25.3 Å². The van der Waals surface area contributed by atoms with Gasteiger partial charge in [0.05, 0.1) is 6.42 Å². The Labute approximate surface area is 154 Å². The molecule has 136 valence electrons. The molecule has 0 fully saturated rings. The van der Waals surface area contributed by atoms with Crippen LogP contribution >= 0.6 is 0 Å². The first-order valence-electron chi connectivity index (χ1n) is 8.33. The van der Waals surface area contributed by atoms with E-state index in [0.717, 1.165) is 11.1 Å². The molecule has 5 heteroatoms. The van der Waals surface area contributed by atoms with Gasteiger partial charge in [0.2, 0.25) is 5.91 Å². The minimum Gasteiger partial charge on any atom is -0.489 e. The molecule has 0 aromatic heterocycles. The zero-order valence-electron chi connectivity index (χ0n) is 15.4. The summed E-state index contributed by atoms with van der Waals surface area (Å²) in [6.45, 7) is 6.09. The van der Waals surface area contributed by atoms with Crippen LogP contribution in [0.25, 0.3) is 0 Å². The molecule has 0 saturated carbocycles. The average Bonchev–Trinajstić information content (AvgIpc) is 2.61. The zero-order chi connectivity index (χ0) is 19.1. The molecule has 0 unspecified atom stereocenters. The summed E-state index contributed by atoms with van der Waals surface area (Å²) in [5.74, 6) is 0.439. The maximum atomic E-state index is 12.4. The number of benzene rings is 2. The fraction of sp³-hybridized carbons (Fsp3) is 0.238. The standard InChI is InChI=1S/C21H24N2O3/c1-15(2)14-26-19-7-5-6-17(13-19)21(25)22-18-10-8-16(9-11-18)12-20(24)23(3)4/h5-11,13H,1,12,14H2,2-4H3,(H,22,25). The van der Waals surface area contributed by atoms with Gasteiger partial charge >= 0.3 is 0 Å². The van der Waals surface area contributed by atoms with Gasteiger partial charge in [-0.05, 0) is 48.4 Å². The maximum Gasteiger partial charge on any atom is 0.255 e. The molecule has 2 aromatic rings. The highest BCUT2D eigenvalue weighted by atomic mass is 16.5. The molecule has 0 heterocycles. The van der Waals surface area contributed by atoms with E-state index in [1.54, 1.807) is 55.4 Å². The largest absolute Gasteiger partial charge is 0.489 e. The lowest BCUT2D eigenvalue weighted by atomic mass is 10.1. The Morgan fingerprint density at radius 1 is 1.12 bits per heavy atom. The average molecular weight is 352 g/mol. The van der Waals surface area contributed by atoms with E-state index in [1.807, 2.05) is 19.1 Å². The fourth-order valence-corrected chi connectivity index (χ4v) is 2.18.